The van der Waals surface area contributed by atoms with Gasteiger partial charge in [-0.3, -0.25) is 0 Å². The van der Waals surface area contributed by atoms with Gasteiger partial charge in [-0.1, -0.05) is 50.3 Å². The van der Waals surface area contributed by atoms with Gasteiger partial charge in [0.25, 0.3) is 0 Å². The molecule has 1 aliphatic rings. The van der Waals surface area contributed by atoms with Crippen molar-refractivity contribution < 1.29 is 9.84 Å². The lowest BCUT2D eigenvalue weighted by molar-refractivity contribution is 0.0720. The summed E-state index contributed by atoms with van der Waals surface area (Å²) in [5.74, 6) is 1.88. The summed E-state index contributed by atoms with van der Waals surface area (Å²) >= 11 is 6.03. The second-order valence-corrected chi connectivity index (χ2v) is 6.32. The van der Waals surface area contributed by atoms with Gasteiger partial charge in [0.2, 0.25) is 0 Å². The third-order valence-corrected chi connectivity index (χ3v) is 4.86. The van der Waals surface area contributed by atoms with E-state index in [1.807, 2.05) is 18.2 Å². The number of rotatable bonds is 5. The highest BCUT2D eigenvalue weighted by Gasteiger charge is 2.27. The quantitative estimate of drug-likeness (QED) is 0.829. The van der Waals surface area contributed by atoms with Crippen molar-refractivity contribution in [3.05, 3.63) is 28.8 Å². The molecule has 2 nitrogen and oxygen atoms in total. The van der Waals surface area contributed by atoms with E-state index in [1.165, 1.54) is 25.7 Å². The van der Waals surface area contributed by atoms with Gasteiger partial charge in [-0.05, 0) is 42.4 Å². The smallest absolute Gasteiger partial charge is 0.137 e. The lowest BCUT2D eigenvalue weighted by atomic mass is 9.76. The van der Waals surface area contributed by atoms with Gasteiger partial charge in [-0.25, -0.2) is 0 Å². The molecule has 1 N–H and O–H groups in total. The molecule has 0 saturated heterocycles. The first kappa shape index (κ1) is 15.7. The van der Waals surface area contributed by atoms with Gasteiger partial charge in [0.1, 0.15) is 5.75 Å². The molecule has 20 heavy (non-hydrogen) atoms. The van der Waals surface area contributed by atoms with Gasteiger partial charge < -0.3 is 9.84 Å². The predicted octanol–water partition coefficient (Wildman–Crippen LogP) is 4.99. The monoisotopic (exact) mass is 296 g/mol. The van der Waals surface area contributed by atoms with Crippen molar-refractivity contribution in [3.63, 3.8) is 0 Å². The minimum absolute atomic E-state index is 0.369. The van der Waals surface area contributed by atoms with Crippen molar-refractivity contribution >= 4 is 11.6 Å². The molecule has 1 atom stereocenters. The summed E-state index contributed by atoms with van der Waals surface area (Å²) in [6.45, 7) is 2.25. The van der Waals surface area contributed by atoms with E-state index in [9.17, 15) is 5.11 Å². The van der Waals surface area contributed by atoms with Crippen LogP contribution >= 0.6 is 11.6 Å². The fraction of sp³-hybridized carbons (Fsp3) is 0.647. The lowest BCUT2D eigenvalue weighted by Crippen LogP contribution is -2.20. The largest absolute Gasteiger partial charge is 0.495 e. The molecule has 0 heterocycles. The summed E-state index contributed by atoms with van der Waals surface area (Å²) in [5, 5.41) is 11.2. The molecule has 1 aromatic carbocycles. The normalized spacial score (nSPS) is 24.4. The van der Waals surface area contributed by atoms with Gasteiger partial charge in [0.05, 0.1) is 18.2 Å². The van der Waals surface area contributed by atoms with Crippen molar-refractivity contribution in [2.75, 3.05) is 7.11 Å². The molecule has 0 aliphatic heterocycles. The zero-order valence-corrected chi connectivity index (χ0v) is 13.2. The number of hydrogen-bond acceptors (Lipinski definition) is 2. The van der Waals surface area contributed by atoms with Crippen LogP contribution in [0.2, 0.25) is 5.02 Å². The standard InChI is InChI=1S/C17H25ClO2/c1-3-4-12-5-7-13(8-6-12)17(19)14-9-10-15(18)16(11-14)20-2/h9-13,17,19H,3-8H2,1-2H3. The summed E-state index contributed by atoms with van der Waals surface area (Å²) in [6.07, 6.45) is 6.95. The second kappa shape index (κ2) is 7.33. The maximum atomic E-state index is 10.6. The third kappa shape index (κ3) is 3.67. The Morgan fingerprint density at radius 2 is 2.00 bits per heavy atom. The van der Waals surface area contributed by atoms with E-state index in [2.05, 4.69) is 6.92 Å². The Balaban J connectivity index is 1.99. The molecule has 1 fully saturated rings. The predicted molar refractivity (Wildman–Crippen MR) is 83.3 cm³/mol. The van der Waals surface area contributed by atoms with Crippen molar-refractivity contribution in [3.8, 4) is 5.75 Å². The van der Waals surface area contributed by atoms with E-state index in [-0.39, 0.29) is 0 Å². The molecule has 0 radical (unpaired) electrons. The zero-order chi connectivity index (χ0) is 14.5. The molecule has 1 aliphatic carbocycles. The van der Waals surface area contributed by atoms with Crippen molar-refractivity contribution in [2.45, 2.75) is 51.6 Å². The topological polar surface area (TPSA) is 29.5 Å². The van der Waals surface area contributed by atoms with E-state index in [1.54, 1.807) is 7.11 Å². The minimum Gasteiger partial charge on any atom is -0.495 e. The average Bonchev–Trinajstić information content (AvgIpc) is 2.48. The molecular weight excluding hydrogens is 272 g/mol. The molecule has 0 amide bonds. The van der Waals surface area contributed by atoms with Crippen molar-refractivity contribution in [1.29, 1.82) is 0 Å². The van der Waals surface area contributed by atoms with Gasteiger partial charge in [0, 0.05) is 0 Å². The van der Waals surface area contributed by atoms with E-state index in [4.69, 9.17) is 16.3 Å². The molecule has 112 valence electrons. The first-order valence-corrected chi connectivity index (χ1v) is 8.05. The molecule has 1 aromatic rings. The maximum absolute atomic E-state index is 10.6. The SMILES string of the molecule is CCCC1CCC(C(O)c2ccc(Cl)c(OC)c2)CC1. The van der Waals surface area contributed by atoms with Crippen LogP contribution in [0.1, 0.15) is 57.1 Å². The van der Waals surface area contributed by atoms with Gasteiger partial charge in [-0.2, -0.15) is 0 Å². The minimum atomic E-state index is -0.399. The number of aliphatic hydroxyl groups excluding tert-OH is 1. The summed E-state index contributed by atoms with van der Waals surface area (Å²) in [6, 6.07) is 5.58. The number of ether oxygens (including phenoxy) is 1. The van der Waals surface area contributed by atoms with Crippen LogP contribution in [0, 0.1) is 11.8 Å². The highest BCUT2D eigenvalue weighted by molar-refractivity contribution is 6.32. The average molecular weight is 297 g/mol. The van der Waals surface area contributed by atoms with Crippen molar-refractivity contribution in [2.24, 2.45) is 11.8 Å². The second-order valence-electron chi connectivity index (χ2n) is 5.91. The number of methoxy groups -OCH3 is 1. The highest BCUT2D eigenvalue weighted by atomic mass is 35.5. The van der Waals surface area contributed by atoms with Crippen LogP contribution in [0.15, 0.2) is 18.2 Å². The summed E-state index contributed by atoms with van der Waals surface area (Å²) in [5.41, 5.74) is 0.921. The molecule has 1 unspecified atom stereocenters. The van der Waals surface area contributed by atoms with E-state index < -0.39 is 6.10 Å². The van der Waals surface area contributed by atoms with Gasteiger partial charge in [-0.15, -0.1) is 0 Å². The summed E-state index contributed by atoms with van der Waals surface area (Å²) in [4.78, 5) is 0. The van der Waals surface area contributed by atoms with Crippen molar-refractivity contribution in [1.82, 2.24) is 0 Å². The molecule has 1 saturated carbocycles. The Labute approximate surface area is 127 Å². The van der Waals surface area contributed by atoms with Crippen LogP contribution in [0.4, 0.5) is 0 Å². The Morgan fingerprint density at radius 1 is 1.30 bits per heavy atom. The molecule has 0 aromatic heterocycles. The third-order valence-electron chi connectivity index (χ3n) is 4.55. The Morgan fingerprint density at radius 3 is 2.60 bits per heavy atom. The zero-order valence-electron chi connectivity index (χ0n) is 12.4. The molecular formula is C17H25ClO2. The fourth-order valence-electron chi connectivity index (χ4n) is 3.33. The van der Waals surface area contributed by atoms with Crippen LogP contribution in [0.3, 0.4) is 0 Å². The fourth-order valence-corrected chi connectivity index (χ4v) is 3.53. The lowest BCUT2D eigenvalue weighted by Gasteiger charge is -2.31. The Hall–Kier alpha value is -0.730. The number of aliphatic hydroxyl groups is 1. The first-order valence-electron chi connectivity index (χ1n) is 7.67. The first-order chi connectivity index (χ1) is 9.65. The number of benzene rings is 1. The van der Waals surface area contributed by atoms with Crippen LogP contribution in [0.5, 0.6) is 5.75 Å². The van der Waals surface area contributed by atoms with E-state index in [0.717, 1.165) is 24.3 Å². The molecule has 3 heteroatoms. The molecule has 0 bridgehead atoms. The maximum Gasteiger partial charge on any atom is 0.137 e. The van der Waals surface area contributed by atoms with Crippen LogP contribution in [-0.4, -0.2) is 12.2 Å². The van der Waals surface area contributed by atoms with Crippen LogP contribution in [0.25, 0.3) is 0 Å². The number of halogens is 1. The Bertz CT molecular complexity index is 425. The van der Waals surface area contributed by atoms with Crippen LogP contribution in [-0.2, 0) is 0 Å². The van der Waals surface area contributed by atoms with Gasteiger partial charge in [0.15, 0.2) is 0 Å². The summed E-state index contributed by atoms with van der Waals surface area (Å²) in [7, 11) is 1.60. The molecule has 0 spiro atoms. The van der Waals surface area contributed by atoms with Crippen LogP contribution < -0.4 is 4.74 Å². The van der Waals surface area contributed by atoms with E-state index >= 15 is 0 Å². The Kier molecular flexibility index (Phi) is 5.74. The number of hydrogen-bond donors (Lipinski definition) is 1. The van der Waals surface area contributed by atoms with E-state index in [0.29, 0.717) is 16.7 Å². The van der Waals surface area contributed by atoms with Gasteiger partial charge >= 0.3 is 0 Å². The summed E-state index contributed by atoms with van der Waals surface area (Å²) < 4.78 is 5.23. The highest BCUT2D eigenvalue weighted by Crippen LogP contribution is 2.39. The molecule has 2 rings (SSSR count).